The zero-order valence-electron chi connectivity index (χ0n) is 17.3. The normalized spacial score (nSPS) is 11.3. The number of carbonyl (C=O) groups is 1. The van der Waals surface area contributed by atoms with Crippen LogP contribution in [0.5, 0.6) is 0 Å². The molecule has 7 heteroatoms. The van der Waals surface area contributed by atoms with E-state index >= 15 is 0 Å². The van der Waals surface area contributed by atoms with E-state index in [2.05, 4.69) is 17.0 Å². The molecule has 0 aliphatic rings. The van der Waals surface area contributed by atoms with Gasteiger partial charge < -0.3 is 10.1 Å². The fraction of sp³-hybridized carbons (Fsp3) is 0.409. The number of aryl methyl sites for hydroxylation is 2. The second-order valence-electron chi connectivity index (χ2n) is 7.03. The minimum absolute atomic E-state index is 0.0534. The molecule has 0 unspecified atom stereocenters. The van der Waals surface area contributed by atoms with Gasteiger partial charge in [0.05, 0.1) is 4.90 Å². The van der Waals surface area contributed by atoms with Crippen molar-refractivity contribution in [3.05, 3.63) is 59.2 Å². The third kappa shape index (κ3) is 7.18. The molecule has 0 heterocycles. The van der Waals surface area contributed by atoms with Crippen LogP contribution in [0.4, 0.5) is 5.69 Å². The van der Waals surface area contributed by atoms with Gasteiger partial charge in [-0.2, -0.15) is 0 Å². The molecule has 2 N–H and O–H groups in total. The number of sulfonamides is 1. The predicted molar refractivity (Wildman–Crippen MR) is 116 cm³/mol. The van der Waals surface area contributed by atoms with Crippen LogP contribution >= 0.6 is 0 Å². The number of ether oxygens (including phenoxy) is 1. The summed E-state index contributed by atoms with van der Waals surface area (Å²) in [5.74, 6) is -0.288. The van der Waals surface area contributed by atoms with E-state index in [1.807, 2.05) is 13.0 Å². The molecule has 1 amide bonds. The number of unbranched alkanes of at least 4 members (excludes halogenated alkanes) is 1. The van der Waals surface area contributed by atoms with Crippen LogP contribution in [-0.4, -0.2) is 34.1 Å². The average molecular weight is 419 g/mol. The number of amides is 1. The molecule has 0 fully saturated rings. The second kappa shape index (κ2) is 11.0. The lowest BCUT2D eigenvalue weighted by molar-refractivity contribution is 0.0939. The fourth-order valence-electron chi connectivity index (χ4n) is 2.76. The first-order valence-corrected chi connectivity index (χ1v) is 11.4. The van der Waals surface area contributed by atoms with Gasteiger partial charge in [-0.15, -0.1) is 0 Å². The molecule has 2 aromatic rings. The highest BCUT2D eigenvalue weighted by Crippen LogP contribution is 2.20. The van der Waals surface area contributed by atoms with E-state index in [1.165, 1.54) is 12.1 Å². The number of rotatable bonds is 11. The molecule has 29 heavy (non-hydrogen) atoms. The Kier molecular flexibility index (Phi) is 8.67. The highest BCUT2D eigenvalue weighted by Gasteiger charge is 2.18. The van der Waals surface area contributed by atoms with Gasteiger partial charge in [0.2, 0.25) is 0 Å². The average Bonchev–Trinajstić information content (AvgIpc) is 2.67. The van der Waals surface area contributed by atoms with E-state index in [9.17, 15) is 13.2 Å². The van der Waals surface area contributed by atoms with Crippen LogP contribution in [0.3, 0.4) is 0 Å². The Hall–Kier alpha value is -2.38. The van der Waals surface area contributed by atoms with Gasteiger partial charge in [0.1, 0.15) is 0 Å². The first-order valence-electron chi connectivity index (χ1n) is 9.89. The van der Waals surface area contributed by atoms with Gasteiger partial charge in [0.15, 0.2) is 0 Å². The summed E-state index contributed by atoms with van der Waals surface area (Å²) in [5, 5.41) is 2.83. The van der Waals surface area contributed by atoms with Crippen LogP contribution < -0.4 is 10.0 Å². The molecule has 0 aromatic heterocycles. The van der Waals surface area contributed by atoms with Gasteiger partial charge in [0.25, 0.3) is 15.9 Å². The Morgan fingerprint density at radius 2 is 1.79 bits per heavy atom. The van der Waals surface area contributed by atoms with Gasteiger partial charge in [-0.3, -0.25) is 9.52 Å². The SMILES string of the molecule is CCCCOCCCNC(=O)c1cc(S(=O)(=O)Nc2cccc(C)c2)ccc1C. The number of nitrogens with one attached hydrogen (secondary N) is 2. The van der Waals surface area contributed by atoms with Crippen molar-refractivity contribution in [3.63, 3.8) is 0 Å². The number of anilines is 1. The molecule has 6 nitrogen and oxygen atoms in total. The Morgan fingerprint density at radius 1 is 1.03 bits per heavy atom. The smallest absolute Gasteiger partial charge is 0.261 e. The monoisotopic (exact) mass is 418 g/mol. The van der Waals surface area contributed by atoms with Gasteiger partial charge in [-0.1, -0.05) is 31.5 Å². The number of benzene rings is 2. The molecule has 0 saturated carbocycles. The van der Waals surface area contributed by atoms with Crippen LogP contribution in [0.2, 0.25) is 0 Å². The van der Waals surface area contributed by atoms with E-state index in [0.29, 0.717) is 30.8 Å². The molecular formula is C22H30N2O4S. The van der Waals surface area contributed by atoms with E-state index in [1.54, 1.807) is 31.2 Å². The van der Waals surface area contributed by atoms with Crippen molar-refractivity contribution in [2.75, 3.05) is 24.5 Å². The van der Waals surface area contributed by atoms with Gasteiger partial charge in [0, 0.05) is 31.0 Å². The first-order chi connectivity index (χ1) is 13.8. The first kappa shape index (κ1) is 22.9. The molecule has 2 aromatic carbocycles. The Balaban J connectivity index is 2.01. The van der Waals surface area contributed by atoms with Crippen LogP contribution in [-0.2, 0) is 14.8 Å². The standard InChI is InChI=1S/C22H30N2O4S/c1-4-5-13-28-14-7-12-23-22(25)21-16-20(11-10-18(21)3)29(26,27)24-19-9-6-8-17(2)15-19/h6,8-11,15-16,24H,4-5,7,12-14H2,1-3H3,(H,23,25). The predicted octanol–water partition coefficient (Wildman–Crippen LogP) is 4.04. The lowest BCUT2D eigenvalue weighted by Gasteiger charge is -2.12. The summed E-state index contributed by atoms with van der Waals surface area (Å²) in [6.45, 7) is 7.58. The third-order valence-electron chi connectivity index (χ3n) is 4.43. The van der Waals surface area contributed by atoms with Crippen LogP contribution in [0.25, 0.3) is 0 Å². The maximum absolute atomic E-state index is 12.7. The summed E-state index contributed by atoms with van der Waals surface area (Å²) in [7, 11) is -3.79. The van der Waals surface area contributed by atoms with Crippen LogP contribution in [0.15, 0.2) is 47.4 Å². The molecule has 158 valence electrons. The summed E-state index contributed by atoms with van der Waals surface area (Å²) in [5.41, 5.74) is 2.51. The summed E-state index contributed by atoms with van der Waals surface area (Å²) in [4.78, 5) is 12.6. The maximum Gasteiger partial charge on any atom is 0.261 e. The maximum atomic E-state index is 12.7. The minimum atomic E-state index is -3.79. The molecule has 0 spiro atoms. The quantitative estimate of drug-likeness (QED) is 0.540. The lowest BCUT2D eigenvalue weighted by atomic mass is 10.1. The highest BCUT2D eigenvalue weighted by molar-refractivity contribution is 7.92. The molecule has 0 saturated heterocycles. The van der Waals surface area contributed by atoms with E-state index in [-0.39, 0.29) is 10.8 Å². The molecule has 0 aliphatic carbocycles. The fourth-order valence-corrected chi connectivity index (χ4v) is 3.83. The second-order valence-corrected chi connectivity index (χ2v) is 8.71. The van der Waals surface area contributed by atoms with Gasteiger partial charge in [-0.05, 0) is 62.1 Å². The van der Waals surface area contributed by atoms with E-state index in [0.717, 1.165) is 30.6 Å². The summed E-state index contributed by atoms with van der Waals surface area (Å²) in [6.07, 6.45) is 2.83. The summed E-state index contributed by atoms with van der Waals surface area (Å²) in [6, 6.07) is 11.7. The van der Waals surface area contributed by atoms with Crippen molar-refractivity contribution in [1.29, 1.82) is 0 Å². The van der Waals surface area contributed by atoms with Crippen molar-refractivity contribution < 1.29 is 17.9 Å². The number of carbonyl (C=O) groups excluding carboxylic acids is 1. The van der Waals surface area contributed by atoms with E-state index in [4.69, 9.17) is 4.74 Å². The Labute approximate surface area is 173 Å². The zero-order chi connectivity index (χ0) is 21.3. The number of hydrogen-bond donors (Lipinski definition) is 2. The van der Waals surface area contributed by atoms with Crippen molar-refractivity contribution in [2.24, 2.45) is 0 Å². The van der Waals surface area contributed by atoms with Crippen LogP contribution in [0, 0.1) is 13.8 Å². The van der Waals surface area contributed by atoms with Gasteiger partial charge in [-0.25, -0.2) is 8.42 Å². The summed E-state index contributed by atoms with van der Waals surface area (Å²) >= 11 is 0. The molecule has 2 rings (SSSR count). The highest BCUT2D eigenvalue weighted by atomic mass is 32.2. The van der Waals surface area contributed by atoms with Crippen LogP contribution in [0.1, 0.15) is 47.7 Å². The molecule has 0 aliphatic heterocycles. The van der Waals surface area contributed by atoms with Crippen molar-refractivity contribution in [1.82, 2.24) is 5.32 Å². The lowest BCUT2D eigenvalue weighted by Crippen LogP contribution is -2.26. The van der Waals surface area contributed by atoms with Crippen molar-refractivity contribution in [2.45, 2.75) is 44.9 Å². The Bertz CT molecular complexity index is 926. The third-order valence-corrected chi connectivity index (χ3v) is 5.81. The number of hydrogen-bond acceptors (Lipinski definition) is 4. The molecule has 0 bridgehead atoms. The van der Waals surface area contributed by atoms with Gasteiger partial charge >= 0.3 is 0 Å². The summed E-state index contributed by atoms with van der Waals surface area (Å²) < 4.78 is 33.5. The zero-order valence-corrected chi connectivity index (χ0v) is 18.1. The minimum Gasteiger partial charge on any atom is -0.381 e. The van der Waals surface area contributed by atoms with Crippen molar-refractivity contribution >= 4 is 21.6 Å². The molecular weight excluding hydrogens is 388 g/mol. The van der Waals surface area contributed by atoms with E-state index < -0.39 is 10.0 Å². The molecule has 0 radical (unpaired) electrons. The topological polar surface area (TPSA) is 84.5 Å². The van der Waals surface area contributed by atoms with Crippen molar-refractivity contribution in [3.8, 4) is 0 Å². The Morgan fingerprint density at radius 3 is 2.52 bits per heavy atom. The molecule has 0 atom stereocenters. The largest absolute Gasteiger partial charge is 0.381 e.